The van der Waals surface area contributed by atoms with Crippen molar-refractivity contribution in [2.24, 2.45) is 10.7 Å². The molecule has 3 heterocycles. The Labute approximate surface area is 113 Å². The number of anilines is 1. The van der Waals surface area contributed by atoms with Crippen LogP contribution in [0.15, 0.2) is 11.3 Å². The molecule has 0 aromatic carbocycles. The van der Waals surface area contributed by atoms with Crippen molar-refractivity contribution in [1.29, 1.82) is 0 Å². The van der Waals surface area contributed by atoms with Gasteiger partial charge in [-0.3, -0.25) is 4.57 Å². The highest BCUT2D eigenvalue weighted by atomic mass is 16.7. The van der Waals surface area contributed by atoms with Crippen molar-refractivity contribution in [3.63, 3.8) is 0 Å². The number of nitrogens with one attached hydrogen (secondary N) is 1. The molecule has 10 nitrogen and oxygen atoms in total. The van der Waals surface area contributed by atoms with E-state index in [0.29, 0.717) is 5.69 Å². The van der Waals surface area contributed by atoms with Crippen molar-refractivity contribution in [3.05, 3.63) is 12.0 Å². The van der Waals surface area contributed by atoms with Gasteiger partial charge >= 0.3 is 0 Å². The number of rotatable bonds is 2. The lowest BCUT2D eigenvalue weighted by Crippen LogP contribution is -2.56. The Morgan fingerprint density at radius 3 is 3.00 bits per heavy atom. The first-order chi connectivity index (χ1) is 9.47. The fraction of sp³-hybridized carbons (Fsp3) is 0.600. The molecular weight excluding hydrogens is 270 g/mol. The zero-order chi connectivity index (χ0) is 14.5. The second-order valence-electron chi connectivity index (χ2n) is 4.64. The Bertz CT molecular complexity index is 560. The molecule has 1 fully saturated rings. The molecule has 3 rings (SSSR count). The Morgan fingerprint density at radius 1 is 1.60 bits per heavy atom. The summed E-state index contributed by atoms with van der Waals surface area (Å²) in [6.07, 6.45) is -3.26. The zero-order valence-electron chi connectivity index (χ0n) is 10.3. The molecule has 0 bridgehead atoms. The summed E-state index contributed by atoms with van der Waals surface area (Å²) in [6.45, 7) is -0.393. The van der Waals surface area contributed by atoms with Gasteiger partial charge in [-0.1, -0.05) is 0 Å². The third kappa shape index (κ3) is 1.70. The number of aliphatic hydroxyl groups is 3. The number of aromatic nitrogens is 2. The molecule has 0 amide bonds. The lowest BCUT2D eigenvalue weighted by atomic mass is 10.1. The quantitative estimate of drug-likeness (QED) is 0.369. The molecular formula is C10H14N5O5-. The lowest BCUT2D eigenvalue weighted by molar-refractivity contribution is -0.605. The van der Waals surface area contributed by atoms with Gasteiger partial charge in [-0.25, -0.2) is 9.98 Å². The van der Waals surface area contributed by atoms with Gasteiger partial charge in [-0.2, -0.15) is 0 Å². The van der Waals surface area contributed by atoms with Gasteiger partial charge < -0.3 is 36.2 Å². The molecule has 10 heteroatoms. The zero-order valence-corrected chi connectivity index (χ0v) is 10.3. The van der Waals surface area contributed by atoms with Crippen LogP contribution in [0.4, 0.5) is 5.82 Å². The maximum absolute atomic E-state index is 12.7. The van der Waals surface area contributed by atoms with Gasteiger partial charge in [0.15, 0.2) is 5.96 Å². The highest BCUT2D eigenvalue weighted by Crippen LogP contribution is 2.34. The van der Waals surface area contributed by atoms with Crippen LogP contribution in [0.3, 0.4) is 0 Å². The number of nitrogens with zero attached hydrogens (tertiary/aromatic N) is 3. The predicted octanol–water partition coefficient (Wildman–Crippen LogP) is -3.79. The molecule has 0 saturated carbocycles. The summed E-state index contributed by atoms with van der Waals surface area (Å²) in [5.74, 6) is -2.15. The van der Waals surface area contributed by atoms with Crippen molar-refractivity contribution in [1.82, 2.24) is 9.55 Å². The maximum atomic E-state index is 12.7. The van der Waals surface area contributed by atoms with Gasteiger partial charge in [0, 0.05) is 0 Å². The van der Waals surface area contributed by atoms with Crippen LogP contribution in [0, 0.1) is 0 Å². The fourth-order valence-electron chi connectivity index (χ4n) is 2.31. The number of imidazole rings is 1. The van der Waals surface area contributed by atoms with E-state index in [9.17, 15) is 15.3 Å². The van der Waals surface area contributed by atoms with Crippen molar-refractivity contribution in [2.45, 2.75) is 30.8 Å². The second kappa shape index (κ2) is 4.40. The first kappa shape index (κ1) is 13.3. The van der Waals surface area contributed by atoms with Gasteiger partial charge in [0.05, 0.1) is 19.5 Å². The molecule has 20 heavy (non-hydrogen) atoms. The number of aliphatic hydroxyl groups excluding tert-OH is 3. The van der Waals surface area contributed by atoms with Crippen LogP contribution in [0.5, 0.6) is 0 Å². The minimum Gasteiger partial charge on any atom is -0.809 e. The Hall–Kier alpha value is -1.72. The maximum Gasteiger partial charge on any atom is 0.194 e. The van der Waals surface area contributed by atoms with Crippen molar-refractivity contribution in [3.8, 4) is 0 Å². The third-order valence-electron chi connectivity index (χ3n) is 3.40. The molecule has 1 aromatic rings. The van der Waals surface area contributed by atoms with E-state index in [1.54, 1.807) is 0 Å². The number of aliphatic imine (C=N–C) groups is 1. The summed E-state index contributed by atoms with van der Waals surface area (Å²) < 4.78 is 6.07. The topological polar surface area (TPSA) is 161 Å². The van der Waals surface area contributed by atoms with Gasteiger partial charge in [0.1, 0.15) is 35.7 Å². The Kier molecular flexibility index (Phi) is 2.92. The van der Waals surface area contributed by atoms with Crippen LogP contribution in [0.2, 0.25) is 0 Å². The number of fused-ring (bicyclic) bond motifs is 1. The Balaban J connectivity index is 2.00. The van der Waals surface area contributed by atoms with E-state index in [1.807, 2.05) is 0 Å². The Morgan fingerprint density at radius 2 is 2.35 bits per heavy atom. The minimum absolute atomic E-state index is 0.106. The standard InChI is InChI=1S/C10H14N5O5/c11-9-12-1-4-8(14-9)15(3-13-4)10(19)7(18)6(17)5(2-16)20-10/h3,5-7,16-18H,1-2H2,(H3,11,12,14)/q-1/t5-,6?,7?,10?/m1/s1. The normalized spacial score (nSPS) is 36.4. The number of hydrogen-bond donors (Lipinski definition) is 5. The first-order valence-electron chi connectivity index (χ1n) is 5.96. The monoisotopic (exact) mass is 284 g/mol. The second-order valence-corrected chi connectivity index (χ2v) is 4.64. The summed E-state index contributed by atoms with van der Waals surface area (Å²) >= 11 is 0. The highest BCUT2D eigenvalue weighted by molar-refractivity contribution is 5.93. The van der Waals surface area contributed by atoms with E-state index in [4.69, 9.17) is 15.6 Å². The molecule has 4 atom stereocenters. The molecule has 0 spiro atoms. The fourth-order valence-corrected chi connectivity index (χ4v) is 2.31. The summed E-state index contributed by atoms with van der Waals surface area (Å²) in [6, 6.07) is 0. The summed E-state index contributed by atoms with van der Waals surface area (Å²) in [7, 11) is 0. The summed E-state index contributed by atoms with van der Waals surface area (Å²) in [5.41, 5.74) is 6.00. The van der Waals surface area contributed by atoms with Crippen LogP contribution in [0.25, 0.3) is 0 Å². The molecule has 0 aliphatic carbocycles. The van der Waals surface area contributed by atoms with E-state index in [-0.39, 0.29) is 18.3 Å². The average Bonchev–Trinajstić information content (AvgIpc) is 2.94. The first-order valence-corrected chi connectivity index (χ1v) is 5.96. The van der Waals surface area contributed by atoms with E-state index in [0.717, 1.165) is 4.57 Å². The largest absolute Gasteiger partial charge is 0.809 e. The SMILES string of the molecule is NC1=NCc2ncn(C3([O-])O[C@H](CO)C(O)C3O)c2N1. The van der Waals surface area contributed by atoms with E-state index >= 15 is 0 Å². The van der Waals surface area contributed by atoms with Crippen LogP contribution >= 0.6 is 0 Å². The molecule has 2 aliphatic heterocycles. The number of nitrogens with two attached hydrogens (primary N) is 1. The van der Waals surface area contributed by atoms with E-state index < -0.39 is 30.8 Å². The van der Waals surface area contributed by atoms with E-state index in [2.05, 4.69) is 15.3 Å². The number of ether oxygens (including phenoxy) is 1. The summed E-state index contributed by atoms with van der Waals surface area (Å²) in [5, 5.41) is 44.1. The molecule has 2 aliphatic rings. The summed E-state index contributed by atoms with van der Waals surface area (Å²) in [4.78, 5) is 7.91. The van der Waals surface area contributed by atoms with Crippen LogP contribution in [-0.4, -0.2) is 55.7 Å². The highest BCUT2D eigenvalue weighted by Gasteiger charge is 2.48. The molecule has 1 saturated heterocycles. The van der Waals surface area contributed by atoms with Crippen molar-refractivity contribution < 1.29 is 25.2 Å². The van der Waals surface area contributed by atoms with Crippen LogP contribution in [0.1, 0.15) is 5.69 Å². The predicted molar refractivity (Wildman–Crippen MR) is 63.1 cm³/mol. The minimum atomic E-state index is -2.50. The third-order valence-corrected chi connectivity index (χ3v) is 3.40. The van der Waals surface area contributed by atoms with Crippen molar-refractivity contribution in [2.75, 3.05) is 11.9 Å². The average molecular weight is 284 g/mol. The molecule has 6 N–H and O–H groups in total. The molecule has 1 aromatic heterocycles. The van der Waals surface area contributed by atoms with Gasteiger partial charge in [-0.15, -0.1) is 0 Å². The van der Waals surface area contributed by atoms with Crippen LogP contribution < -0.4 is 16.2 Å². The van der Waals surface area contributed by atoms with Crippen molar-refractivity contribution >= 4 is 11.8 Å². The number of guanidine groups is 1. The van der Waals surface area contributed by atoms with Gasteiger partial charge in [-0.05, 0) is 0 Å². The lowest BCUT2D eigenvalue weighted by Gasteiger charge is -2.41. The number of hydrogen-bond acceptors (Lipinski definition) is 9. The molecule has 3 unspecified atom stereocenters. The van der Waals surface area contributed by atoms with Gasteiger partial charge in [0.2, 0.25) is 0 Å². The van der Waals surface area contributed by atoms with Gasteiger partial charge in [0.25, 0.3) is 0 Å². The van der Waals surface area contributed by atoms with E-state index in [1.165, 1.54) is 6.33 Å². The smallest absolute Gasteiger partial charge is 0.194 e. The molecule has 0 radical (unpaired) electrons. The van der Waals surface area contributed by atoms with Crippen LogP contribution in [-0.2, 0) is 17.2 Å². The molecule has 110 valence electrons.